The number of halogens is 1. The number of amides is 1. The summed E-state index contributed by atoms with van der Waals surface area (Å²) in [7, 11) is 0. The van der Waals surface area contributed by atoms with Gasteiger partial charge < -0.3 is 9.88 Å². The molecule has 4 rings (SSSR count). The van der Waals surface area contributed by atoms with E-state index in [9.17, 15) is 9.18 Å². The van der Waals surface area contributed by atoms with Gasteiger partial charge in [0.25, 0.3) is 0 Å². The van der Waals surface area contributed by atoms with E-state index in [1.54, 1.807) is 6.07 Å². The second kappa shape index (κ2) is 7.48. The van der Waals surface area contributed by atoms with Gasteiger partial charge in [-0.1, -0.05) is 0 Å². The molecule has 0 radical (unpaired) electrons. The summed E-state index contributed by atoms with van der Waals surface area (Å²) in [6, 6.07) is 8.72. The minimum absolute atomic E-state index is 0.104. The van der Waals surface area contributed by atoms with Crippen molar-refractivity contribution in [2.45, 2.75) is 19.9 Å². The van der Waals surface area contributed by atoms with Crippen molar-refractivity contribution in [2.75, 3.05) is 26.2 Å². The third-order valence-electron chi connectivity index (χ3n) is 5.29. The van der Waals surface area contributed by atoms with Crippen LogP contribution in [0.15, 0.2) is 42.7 Å². The number of pyridine rings is 1. The Bertz CT molecular complexity index is 945. The van der Waals surface area contributed by atoms with Gasteiger partial charge >= 0.3 is 0 Å². The smallest absolute Gasteiger partial charge is 0.227 e. The number of nitrogens with one attached hydrogen (secondary N) is 1. The molecule has 0 bridgehead atoms. The summed E-state index contributed by atoms with van der Waals surface area (Å²) in [4.78, 5) is 24.4. The van der Waals surface area contributed by atoms with E-state index in [0.717, 1.165) is 54.9 Å². The standard InChI is InChI=1S/C21H23FN4O/c1-15-18(19-12-17(22)2-3-20(19)24-15)13-21(27)26-10-8-25(9-11-26)14-16-4-6-23-7-5-16/h2-7,12,24H,8-11,13-14H2,1H3. The molecule has 1 aliphatic heterocycles. The quantitative estimate of drug-likeness (QED) is 0.772. The second-order valence-corrected chi connectivity index (χ2v) is 7.11. The van der Waals surface area contributed by atoms with E-state index in [4.69, 9.17) is 0 Å². The fourth-order valence-electron chi connectivity index (χ4n) is 3.75. The van der Waals surface area contributed by atoms with Gasteiger partial charge in [-0.25, -0.2) is 4.39 Å². The number of hydrogen-bond acceptors (Lipinski definition) is 3. The molecule has 1 aromatic carbocycles. The van der Waals surface area contributed by atoms with Gasteiger partial charge in [0.05, 0.1) is 6.42 Å². The number of carbonyl (C=O) groups is 1. The Balaban J connectivity index is 1.39. The average Bonchev–Trinajstić information content (AvgIpc) is 2.98. The number of nitrogens with zero attached hydrogens (tertiary/aromatic N) is 3. The molecule has 27 heavy (non-hydrogen) atoms. The predicted molar refractivity (Wildman–Crippen MR) is 103 cm³/mol. The first-order valence-corrected chi connectivity index (χ1v) is 9.26. The summed E-state index contributed by atoms with van der Waals surface area (Å²) >= 11 is 0. The summed E-state index contributed by atoms with van der Waals surface area (Å²) in [6.45, 7) is 5.98. The zero-order chi connectivity index (χ0) is 18.8. The number of aromatic amines is 1. The zero-order valence-corrected chi connectivity index (χ0v) is 15.4. The Labute approximate surface area is 157 Å². The maximum absolute atomic E-state index is 13.6. The first-order chi connectivity index (χ1) is 13.1. The largest absolute Gasteiger partial charge is 0.358 e. The lowest BCUT2D eigenvalue weighted by Crippen LogP contribution is -2.48. The van der Waals surface area contributed by atoms with Crippen LogP contribution in [0.1, 0.15) is 16.8 Å². The van der Waals surface area contributed by atoms with E-state index >= 15 is 0 Å². The van der Waals surface area contributed by atoms with Crippen molar-refractivity contribution in [1.82, 2.24) is 19.8 Å². The number of aryl methyl sites for hydroxylation is 1. The van der Waals surface area contributed by atoms with Crippen LogP contribution in [0, 0.1) is 12.7 Å². The van der Waals surface area contributed by atoms with Crippen molar-refractivity contribution >= 4 is 16.8 Å². The summed E-state index contributed by atoms with van der Waals surface area (Å²) in [5.41, 5.74) is 3.94. The highest BCUT2D eigenvalue weighted by Gasteiger charge is 2.23. The molecule has 0 unspecified atom stereocenters. The maximum atomic E-state index is 13.6. The molecule has 1 aliphatic rings. The number of H-pyrrole nitrogens is 1. The van der Waals surface area contributed by atoms with Crippen LogP contribution >= 0.6 is 0 Å². The van der Waals surface area contributed by atoms with Crippen molar-refractivity contribution in [1.29, 1.82) is 0 Å². The zero-order valence-electron chi connectivity index (χ0n) is 15.4. The van der Waals surface area contributed by atoms with Crippen LogP contribution < -0.4 is 0 Å². The van der Waals surface area contributed by atoms with E-state index in [2.05, 4.69) is 14.9 Å². The fourth-order valence-corrected chi connectivity index (χ4v) is 3.75. The van der Waals surface area contributed by atoms with Crippen LogP contribution in [-0.2, 0) is 17.8 Å². The molecule has 0 saturated carbocycles. The Kier molecular flexibility index (Phi) is 4.90. The van der Waals surface area contributed by atoms with Crippen molar-refractivity contribution in [3.63, 3.8) is 0 Å². The topological polar surface area (TPSA) is 52.2 Å². The van der Waals surface area contributed by atoms with Crippen molar-refractivity contribution in [2.24, 2.45) is 0 Å². The molecule has 1 fully saturated rings. The third kappa shape index (κ3) is 3.85. The van der Waals surface area contributed by atoms with Gasteiger partial charge in [-0.3, -0.25) is 14.7 Å². The van der Waals surface area contributed by atoms with E-state index in [1.165, 1.54) is 17.7 Å². The van der Waals surface area contributed by atoms with E-state index in [-0.39, 0.29) is 11.7 Å². The van der Waals surface area contributed by atoms with Gasteiger partial charge in [-0.2, -0.15) is 0 Å². The molecule has 1 amide bonds. The minimum Gasteiger partial charge on any atom is -0.358 e. The van der Waals surface area contributed by atoms with Gasteiger partial charge in [0, 0.05) is 61.7 Å². The first kappa shape index (κ1) is 17.7. The number of benzene rings is 1. The summed E-state index contributed by atoms with van der Waals surface area (Å²) < 4.78 is 13.6. The SMILES string of the molecule is Cc1[nH]c2ccc(F)cc2c1CC(=O)N1CCN(Cc2ccncc2)CC1. The fraction of sp³-hybridized carbons (Fsp3) is 0.333. The summed E-state index contributed by atoms with van der Waals surface area (Å²) in [5.74, 6) is -0.174. The van der Waals surface area contributed by atoms with Gasteiger partial charge in [0.1, 0.15) is 5.82 Å². The van der Waals surface area contributed by atoms with Crippen LogP contribution in [-0.4, -0.2) is 51.9 Å². The highest BCUT2D eigenvalue weighted by molar-refractivity contribution is 5.90. The summed E-state index contributed by atoms with van der Waals surface area (Å²) in [6.07, 6.45) is 3.92. The molecule has 6 heteroatoms. The Morgan fingerprint density at radius 2 is 1.89 bits per heavy atom. The molecular formula is C21H23FN4O. The van der Waals surface area contributed by atoms with Crippen LogP contribution in [0.3, 0.4) is 0 Å². The molecule has 140 valence electrons. The Morgan fingerprint density at radius 1 is 1.15 bits per heavy atom. The highest BCUT2D eigenvalue weighted by Crippen LogP contribution is 2.24. The molecule has 2 aromatic heterocycles. The molecule has 0 atom stereocenters. The number of aromatic nitrogens is 2. The number of carbonyl (C=O) groups excluding carboxylic acids is 1. The second-order valence-electron chi connectivity index (χ2n) is 7.11. The monoisotopic (exact) mass is 366 g/mol. The van der Waals surface area contributed by atoms with Gasteiger partial charge in [0.15, 0.2) is 0 Å². The predicted octanol–water partition coefficient (Wildman–Crippen LogP) is 2.90. The van der Waals surface area contributed by atoms with Crippen molar-refractivity contribution in [3.05, 3.63) is 65.4 Å². The lowest BCUT2D eigenvalue weighted by molar-refractivity contribution is -0.132. The molecule has 1 N–H and O–H groups in total. The van der Waals surface area contributed by atoms with Crippen molar-refractivity contribution in [3.8, 4) is 0 Å². The van der Waals surface area contributed by atoms with E-state index in [1.807, 2.05) is 36.4 Å². The lowest BCUT2D eigenvalue weighted by Gasteiger charge is -2.34. The highest BCUT2D eigenvalue weighted by atomic mass is 19.1. The number of piperazine rings is 1. The molecule has 1 saturated heterocycles. The maximum Gasteiger partial charge on any atom is 0.227 e. The molecular weight excluding hydrogens is 343 g/mol. The summed E-state index contributed by atoms with van der Waals surface area (Å²) in [5, 5.41) is 0.803. The van der Waals surface area contributed by atoms with Crippen LogP contribution in [0.25, 0.3) is 10.9 Å². The lowest BCUT2D eigenvalue weighted by atomic mass is 10.1. The normalized spacial score (nSPS) is 15.4. The molecule has 3 heterocycles. The van der Waals surface area contributed by atoms with Gasteiger partial charge in [-0.15, -0.1) is 0 Å². The van der Waals surface area contributed by atoms with E-state index < -0.39 is 0 Å². The van der Waals surface area contributed by atoms with Crippen LogP contribution in [0.2, 0.25) is 0 Å². The average molecular weight is 366 g/mol. The third-order valence-corrected chi connectivity index (χ3v) is 5.29. The van der Waals surface area contributed by atoms with Gasteiger partial charge in [-0.05, 0) is 48.4 Å². The first-order valence-electron chi connectivity index (χ1n) is 9.26. The number of hydrogen-bond donors (Lipinski definition) is 1. The molecule has 5 nitrogen and oxygen atoms in total. The number of fused-ring (bicyclic) bond motifs is 1. The Morgan fingerprint density at radius 3 is 2.63 bits per heavy atom. The Hall–Kier alpha value is -2.73. The molecule has 3 aromatic rings. The molecule has 0 spiro atoms. The van der Waals surface area contributed by atoms with E-state index in [0.29, 0.717) is 6.42 Å². The van der Waals surface area contributed by atoms with Gasteiger partial charge in [0.2, 0.25) is 5.91 Å². The van der Waals surface area contributed by atoms with Crippen molar-refractivity contribution < 1.29 is 9.18 Å². The molecule has 0 aliphatic carbocycles. The number of rotatable bonds is 4. The van der Waals surface area contributed by atoms with Crippen LogP contribution in [0.5, 0.6) is 0 Å². The van der Waals surface area contributed by atoms with Crippen LogP contribution in [0.4, 0.5) is 4.39 Å². The minimum atomic E-state index is -0.278.